The second-order valence-corrected chi connectivity index (χ2v) is 4.95. The molecule has 1 aromatic heterocycles. The van der Waals surface area contributed by atoms with E-state index in [-0.39, 0.29) is 5.82 Å². The standard InChI is InChI=1S/C17H14FN3/c1-3-21-16-7-5-12(10-19)8-15(16)20-17(21)14-9-13(18)6-4-11(14)2/h4-9H,3H2,1-2H3. The SMILES string of the molecule is CCn1c(-c2cc(F)ccc2C)nc2cc(C#N)ccc21. The Morgan fingerprint density at radius 2 is 2.05 bits per heavy atom. The molecule has 3 aromatic rings. The number of fused-ring (bicyclic) bond motifs is 1. The van der Waals surface area contributed by atoms with Crippen LogP contribution in [0.2, 0.25) is 0 Å². The molecule has 0 aliphatic heterocycles. The first-order chi connectivity index (χ1) is 10.1. The minimum absolute atomic E-state index is 0.275. The molecule has 104 valence electrons. The third-order valence-electron chi connectivity index (χ3n) is 3.63. The van der Waals surface area contributed by atoms with E-state index in [1.807, 2.05) is 24.5 Å². The van der Waals surface area contributed by atoms with Crippen LogP contribution in [0.25, 0.3) is 22.4 Å². The summed E-state index contributed by atoms with van der Waals surface area (Å²) in [5, 5.41) is 8.99. The van der Waals surface area contributed by atoms with Crippen LogP contribution in [0.15, 0.2) is 36.4 Å². The number of imidazole rings is 1. The Morgan fingerprint density at radius 1 is 1.24 bits per heavy atom. The minimum atomic E-state index is -0.275. The Morgan fingerprint density at radius 3 is 2.76 bits per heavy atom. The zero-order valence-corrected chi connectivity index (χ0v) is 11.9. The highest BCUT2D eigenvalue weighted by Gasteiger charge is 2.14. The molecule has 2 aromatic carbocycles. The highest BCUT2D eigenvalue weighted by molar-refractivity contribution is 5.82. The largest absolute Gasteiger partial charge is 0.324 e. The summed E-state index contributed by atoms with van der Waals surface area (Å²) in [6, 6.07) is 12.3. The van der Waals surface area contributed by atoms with Gasteiger partial charge >= 0.3 is 0 Å². The number of rotatable bonds is 2. The first kappa shape index (κ1) is 13.3. The summed E-state index contributed by atoms with van der Waals surface area (Å²) >= 11 is 0. The molecule has 1 heterocycles. The highest BCUT2D eigenvalue weighted by atomic mass is 19.1. The molecule has 0 spiro atoms. The molecule has 0 saturated carbocycles. The molecule has 21 heavy (non-hydrogen) atoms. The molecular weight excluding hydrogens is 265 g/mol. The fourth-order valence-electron chi connectivity index (χ4n) is 2.56. The predicted octanol–water partition coefficient (Wildman–Crippen LogP) is 4.04. The van der Waals surface area contributed by atoms with Crippen LogP contribution in [0.3, 0.4) is 0 Å². The topological polar surface area (TPSA) is 41.6 Å². The molecule has 0 radical (unpaired) electrons. The average Bonchev–Trinajstić information content (AvgIpc) is 2.86. The predicted molar refractivity (Wildman–Crippen MR) is 80.3 cm³/mol. The van der Waals surface area contributed by atoms with Crippen molar-refractivity contribution in [2.45, 2.75) is 20.4 Å². The lowest BCUT2D eigenvalue weighted by Crippen LogP contribution is -1.99. The molecule has 0 bridgehead atoms. The fraction of sp³-hybridized carbons (Fsp3) is 0.176. The molecule has 0 fully saturated rings. The third-order valence-corrected chi connectivity index (χ3v) is 3.63. The molecule has 0 saturated heterocycles. The lowest BCUT2D eigenvalue weighted by atomic mass is 10.1. The third kappa shape index (κ3) is 2.17. The van der Waals surface area contributed by atoms with Crippen LogP contribution in [-0.2, 0) is 6.54 Å². The smallest absolute Gasteiger partial charge is 0.141 e. The van der Waals surface area contributed by atoms with Crippen molar-refractivity contribution in [1.82, 2.24) is 9.55 Å². The summed E-state index contributed by atoms with van der Waals surface area (Å²) in [5.74, 6) is 0.461. The van der Waals surface area contributed by atoms with E-state index < -0.39 is 0 Å². The van der Waals surface area contributed by atoms with E-state index in [4.69, 9.17) is 5.26 Å². The summed E-state index contributed by atoms with van der Waals surface area (Å²) in [7, 11) is 0. The summed E-state index contributed by atoms with van der Waals surface area (Å²) < 4.78 is 15.6. The van der Waals surface area contributed by atoms with E-state index in [0.717, 1.165) is 34.5 Å². The van der Waals surface area contributed by atoms with E-state index in [2.05, 4.69) is 11.1 Å². The van der Waals surface area contributed by atoms with Gasteiger partial charge < -0.3 is 4.57 Å². The van der Waals surface area contributed by atoms with Gasteiger partial charge in [0.05, 0.1) is 22.7 Å². The van der Waals surface area contributed by atoms with Gasteiger partial charge in [0, 0.05) is 12.1 Å². The van der Waals surface area contributed by atoms with Crippen molar-refractivity contribution in [3.63, 3.8) is 0 Å². The molecular formula is C17H14FN3. The van der Waals surface area contributed by atoms with Gasteiger partial charge in [-0.05, 0) is 49.7 Å². The van der Waals surface area contributed by atoms with E-state index in [1.165, 1.54) is 12.1 Å². The van der Waals surface area contributed by atoms with Crippen molar-refractivity contribution in [1.29, 1.82) is 5.26 Å². The van der Waals surface area contributed by atoms with Crippen LogP contribution in [0, 0.1) is 24.1 Å². The number of aromatic nitrogens is 2. The Hall–Kier alpha value is -2.67. The van der Waals surface area contributed by atoms with Crippen molar-refractivity contribution in [3.8, 4) is 17.5 Å². The van der Waals surface area contributed by atoms with Gasteiger partial charge in [0.1, 0.15) is 11.6 Å². The van der Waals surface area contributed by atoms with Crippen LogP contribution in [0.5, 0.6) is 0 Å². The van der Waals surface area contributed by atoms with E-state index in [0.29, 0.717) is 5.56 Å². The second-order valence-electron chi connectivity index (χ2n) is 4.95. The quantitative estimate of drug-likeness (QED) is 0.710. The Balaban J connectivity index is 2.32. The highest BCUT2D eigenvalue weighted by Crippen LogP contribution is 2.28. The lowest BCUT2D eigenvalue weighted by Gasteiger charge is -2.08. The van der Waals surface area contributed by atoms with E-state index >= 15 is 0 Å². The maximum absolute atomic E-state index is 13.6. The van der Waals surface area contributed by atoms with Crippen molar-refractivity contribution >= 4 is 11.0 Å². The molecule has 0 aliphatic rings. The van der Waals surface area contributed by atoms with Crippen LogP contribution < -0.4 is 0 Å². The Labute approximate surface area is 122 Å². The van der Waals surface area contributed by atoms with E-state index in [1.54, 1.807) is 18.2 Å². The fourth-order valence-corrected chi connectivity index (χ4v) is 2.56. The summed E-state index contributed by atoms with van der Waals surface area (Å²) in [6.45, 7) is 4.69. The van der Waals surface area contributed by atoms with Gasteiger partial charge in [0.2, 0.25) is 0 Å². The summed E-state index contributed by atoms with van der Waals surface area (Å²) in [6.07, 6.45) is 0. The second kappa shape index (κ2) is 5.02. The molecule has 4 heteroatoms. The van der Waals surface area contributed by atoms with Crippen LogP contribution >= 0.6 is 0 Å². The maximum Gasteiger partial charge on any atom is 0.141 e. The zero-order chi connectivity index (χ0) is 15.0. The Kier molecular flexibility index (Phi) is 3.19. The van der Waals surface area contributed by atoms with Crippen LogP contribution in [0.1, 0.15) is 18.1 Å². The van der Waals surface area contributed by atoms with Crippen molar-refractivity contribution in [2.24, 2.45) is 0 Å². The number of hydrogen-bond acceptors (Lipinski definition) is 2. The van der Waals surface area contributed by atoms with Gasteiger partial charge in [-0.25, -0.2) is 9.37 Å². The lowest BCUT2D eigenvalue weighted by molar-refractivity contribution is 0.627. The number of hydrogen-bond donors (Lipinski definition) is 0. The summed E-state index contributed by atoms with van der Waals surface area (Å²) in [5.41, 5.74) is 4.05. The monoisotopic (exact) mass is 279 g/mol. The number of benzene rings is 2. The molecule has 0 unspecified atom stereocenters. The molecule has 0 atom stereocenters. The maximum atomic E-state index is 13.6. The molecule has 3 nitrogen and oxygen atoms in total. The first-order valence-electron chi connectivity index (χ1n) is 6.81. The van der Waals surface area contributed by atoms with Crippen molar-refractivity contribution in [2.75, 3.05) is 0 Å². The molecule has 3 rings (SSSR count). The molecule has 0 N–H and O–H groups in total. The molecule has 0 aliphatic carbocycles. The average molecular weight is 279 g/mol. The van der Waals surface area contributed by atoms with Crippen LogP contribution in [-0.4, -0.2) is 9.55 Å². The van der Waals surface area contributed by atoms with Gasteiger partial charge in [-0.1, -0.05) is 6.07 Å². The van der Waals surface area contributed by atoms with Crippen molar-refractivity contribution in [3.05, 3.63) is 53.3 Å². The van der Waals surface area contributed by atoms with Gasteiger partial charge in [-0.3, -0.25) is 0 Å². The number of nitrogens with zero attached hydrogens (tertiary/aromatic N) is 3. The van der Waals surface area contributed by atoms with Gasteiger partial charge in [0.15, 0.2) is 0 Å². The van der Waals surface area contributed by atoms with E-state index in [9.17, 15) is 4.39 Å². The summed E-state index contributed by atoms with van der Waals surface area (Å²) in [4.78, 5) is 4.61. The van der Waals surface area contributed by atoms with Gasteiger partial charge in [0.25, 0.3) is 0 Å². The number of aryl methyl sites for hydroxylation is 2. The zero-order valence-electron chi connectivity index (χ0n) is 11.9. The van der Waals surface area contributed by atoms with Gasteiger partial charge in [-0.15, -0.1) is 0 Å². The first-order valence-corrected chi connectivity index (χ1v) is 6.81. The Bertz CT molecular complexity index is 872. The normalized spacial score (nSPS) is 10.8. The van der Waals surface area contributed by atoms with Crippen LogP contribution in [0.4, 0.5) is 4.39 Å². The minimum Gasteiger partial charge on any atom is -0.324 e. The number of halogens is 1. The molecule has 0 amide bonds. The van der Waals surface area contributed by atoms with Gasteiger partial charge in [-0.2, -0.15) is 5.26 Å². The number of nitriles is 1. The van der Waals surface area contributed by atoms with Crippen molar-refractivity contribution < 1.29 is 4.39 Å².